The number of aromatic amines is 1. The number of rotatable bonds is 4. The Morgan fingerprint density at radius 1 is 1.32 bits per heavy atom. The summed E-state index contributed by atoms with van der Waals surface area (Å²) in [5.41, 5.74) is 0.721. The molecule has 1 saturated carbocycles. The van der Waals surface area contributed by atoms with Gasteiger partial charge in [-0.3, -0.25) is 4.79 Å². The molecule has 1 aliphatic carbocycles. The van der Waals surface area contributed by atoms with Crippen LogP contribution in [0, 0.1) is 0 Å². The smallest absolute Gasteiger partial charge is 0.265 e. The minimum atomic E-state index is -0.136. The fourth-order valence-electron chi connectivity index (χ4n) is 1.89. The molecule has 5 heteroatoms. The largest absolute Gasteiger partial charge is 0.486 e. The third-order valence-electron chi connectivity index (χ3n) is 3.02. The summed E-state index contributed by atoms with van der Waals surface area (Å²) < 4.78 is 6.15. The molecular formula is C14H13BrN2O2. The Hall–Kier alpha value is -1.62. The lowest BCUT2D eigenvalue weighted by Crippen LogP contribution is -2.16. The van der Waals surface area contributed by atoms with Crippen molar-refractivity contribution in [2.45, 2.75) is 25.4 Å². The second-order valence-electron chi connectivity index (χ2n) is 4.59. The van der Waals surface area contributed by atoms with E-state index in [0.717, 1.165) is 24.3 Å². The fourth-order valence-corrected chi connectivity index (χ4v) is 2.40. The van der Waals surface area contributed by atoms with E-state index in [1.807, 2.05) is 30.3 Å². The predicted molar refractivity (Wildman–Crippen MR) is 75.3 cm³/mol. The summed E-state index contributed by atoms with van der Waals surface area (Å²) >= 11 is 3.30. The summed E-state index contributed by atoms with van der Waals surface area (Å²) in [6.07, 6.45) is 2.21. The van der Waals surface area contributed by atoms with Crippen LogP contribution in [0.4, 0.5) is 0 Å². The van der Waals surface area contributed by atoms with Crippen molar-refractivity contribution in [3.63, 3.8) is 0 Å². The zero-order chi connectivity index (χ0) is 13.2. The van der Waals surface area contributed by atoms with Crippen LogP contribution in [0.15, 0.2) is 39.6 Å². The number of aromatic nitrogens is 2. The number of hydrogen-bond donors (Lipinski definition) is 1. The van der Waals surface area contributed by atoms with Gasteiger partial charge in [0.2, 0.25) is 0 Å². The number of ether oxygens (including phenoxy) is 1. The van der Waals surface area contributed by atoms with E-state index in [1.165, 1.54) is 0 Å². The van der Waals surface area contributed by atoms with E-state index < -0.39 is 0 Å². The molecule has 1 fully saturated rings. The molecule has 19 heavy (non-hydrogen) atoms. The highest BCUT2D eigenvalue weighted by atomic mass is 79.9. The van der Waals surface area contributed by atoms with Crippen LogP contribution in [0.2, 0.25) is 0 Å². The third-order valence-corrected chi connectivity index (χ3v) is 3.79. The maximum atomic E-state index is 11.8. The molecule has 1 aromatic heterocycles. The Bertz CT molecular complexity index is 636. The molecule has 1 heterocycles. The topological polar surface area (TPSA) is 55.0 Å². The quantitative estimate of drug-likeness (QED) is 0.942. The lowest BCUT2D eigenvalue weighted by atomic mass is 10.3. The molecule has 0 aliphatic heterocycles. The van der Waals surface area contributed by atoms with Gasteiger partial charge >= 0.3 is 0 Å². The van der Waals surface area contributed by atoms with Gasteiger partial charge in [-0.25, -0.2) is 4.98 Å². The summed E-state index contributed by atoms with van der Waals surface area (Å²) in [7, 11) is 0. The Balaban J connectivity index is 1.79. The maximum absolute atomic E-state index is 11.8. The van der Waals surface area contributed by atoms with Crippen molar-refractivity contribution in [2.75, 3.05) is 0 Å². The van der Waals surface area contributed by atoms with Gasteiger partial charge in [0.25, 0.3) is 5.56 Å². The number of nitrogens with zero attached hydrogens (tertiary/aromatic N) is 1. The molecule has 0 atom stereocenters. The number of benzene rings is 1. The van der Waals surface area contributed by atoms with Gasteiger partial charge in [0.1, 0.15) is 22.7 Å². The first-order valence-electron chi connectivity index (χ1n) is 6.20. The van der Waals surface area contributed by atoms with Gasteiger partial charge in [-0.15, -0.1) is 0 Å². The third kappa shape index (κ3) is 2.87. The van der Waals surface area contributed by atoms with Gasteiger partial charge in [0.05, 0.1) is 5.69 Å². The average molecular weight is 321 g/mol. The highest BCUT2D eigenvalue weighted by Crippen LogP contribution is 2.41. The highest BCUT2D eigenvalue weighted by Gasteiger charge is 2.28. The van der Waals surface area contributed by atoms with Crippen LogP contribution in [0.1, 0.15) is 30.3 Å². The molecule has 0 saturated heterocycles. The zero-order valence-corrected chi connectivity index (χ0v) is 11.8. The first-order valence-corrected chi connectivity index (χ1v) is 7.00. The average Bonchev–Trinajstić information content (AvgIpc) is 3.25. The standard InChI is InChI=1S/C14H13BrN2O2/c15-12-13(9-6-7-9)16-11(17-14(12)18)8-19-10-4-2-1-3-5-10/h1-5,9H,6-8H2,(H,16,17,18). The lowest BCUT2D eigenvalue weighted by Gasteiger charge is -2.07. The van der Waals surface area contributed by atoms with Crippen LogP contribution in [0.25, 0.3) is 0 Å². The van der Waals surface area contributed by atoms with Gasteiger partial charge in [-0.05, 0) is 40.9 Å². The minimum absolute atomic E-state index is 0.136. The van der Waals surface area contributed by atoms with Crippen LogP contribution >= 0.6 is 15.9 Å². The SMILES string of the molecule is O=c1[nH]c(COc2ccccc2)nc(C2CC2)c1Br. The molecule has 98 valence electrons. The van der Waals surface area contributed by atoms with Crippen LogP contribution < -0.4 is 10.3 Å². The van der Waals surface area contributed by atoms with E-state index in [-0.39, 0.29) is 12.2 Å². The Labute approximate surface area is 119 Å². The molecule has 4 nitrogen and oxygen atoms in total. The number of halogens is 1. The molecule has 1 aromatic carbocycles. The fraction of sp³-hybridized carbons (Fsp3) is 0.286. The van der Waals surface area contributed by atoms with E-state index in [2.05, 4.69) is 25.9 Å². The monoisotopic (exact) mass is 320 g/mol. The molecule has 3 rings (SSSR count). The predicted octanol–water partition coefficient (Wildman–Crippen LogP) is 2.99. The number of H-pyrrole nitrogens is 1. The highest BCUT2D eigenvalue weighted by molar-refractivity contribution is 9.10. The van der Waals surface area contributed by atoms with E-state index in [0.29, 0.717) is 16.2 Å². The Morgan fingerprint density at radius 3 is 2.74 bits per heavy atom. The van der Waals surface area contributed by atoms with Crippen molar-refractivity contribution in [1.29, 1.82) is 0 Å². The second kappa shape index (κ2) is 5.17. The van der Waals surface area contributed by atoms with Crippen molar-refractivity contribution in [2.24, 2.45) is 0 Å². The van der Waals surface area contributed by atoms with Gasteiger partial charge in [-0.2, -0.15) is 0 Å². The number of para-hydroxylation sites is 1. The molecule has 0 spiro atoms. The summed E-state index contributed by atoms with van der Waals surface area (Å²) in [6, 6.07) is 9.49. The normalized spacial score (nSPS) is 14.4. The second-order valence-corrected chi connectivity index (χ2v) is 5.38. The summed E-state index contributed by atoms with van der Waals surface area (Å²) in [4.78, 5) is 19.0. The molecule has 0 bridgehead atoms. The van der Waals surface area contributed by atoms with Crippen molar-refractivity contribution in [3.05, 3.63) is 56.7 Å². The van der Waals surface area contributed by atoms with E-state index in [4.69, 9.17) is 4.74 Å². The first kappa shape index (κ1) is 12.4. The minimum Gasteiger partial charge on any atom is -0.486 e. The number of nitrogens with one attached hydrogen (secondary N) is 1. The Morgan fingerprint density at radius 2 is 2.05 bits per heavy atom. The molecule has 1 N–H and O–H groups in total. The molecule has 0 radical (unpaired) electrons. The van der Waals surface area contributed by atoms with Gasteiger partial charge < -0.3 is 9.72 Å². The molecular weight excluding hydrogens is 308 g/mol. The van der Waals surface area contributed by atoms with E-state index >= 15 is 0 Å². The van der Waals surface area contributed by atoms with E-state index in [1.54, 1.807) is 0 Å². The zero-order valence-electron chi connectivity index (χ0n) is 10.2. The summed E-state index contributed by atoms with van der Waals surface area (Å²) in [6.45, 7) is 0.270. The van der Waals surface area contributed by atoms with Crippen LogP contribution in [0.5, 0.6) is 5.75 Å². The van der Waals surface area contributed by atoms with E-state index in [9.17, 15) is 4.79 Å². The molecule has 1 aliphatic rings. The maximum Gasteiger partial charge on any atom is 0.265 e. The van der Waals surface area contributed by atoms with Crippen LogP contribution in [-0.4, -0.2) is 9.97 Å². The lowest BCUT2D eigenvalue weighted by molar-refractivity contribution is 0.295. The molecule has 0 unspecified atom stereocenters. The van der Waals surface area contributed by atoms with Gasteiger partial charge in [0, 0.05) is 5.92 Å². The number of hydrogen-bond acceptors (Lipinski definition) is 3. The van der Waals surface area contributed by atoms with Crippen molar-refractivity contribution >= 4 is 15.9 Å². The van der Waals surface area contributed by atoms with Gasteiger partial charge in [0.15, 0.2) is 0 Å². The first-order chi connectivity index (χ1) is 9.24. The van der Waals surface area contributed by atoms with Crippen molar-refractivity contribution in [3.8, 4) is 5.75 Å². The van der Waals surface area contributed by atoms with Crippen LogP contribution in [0.3, 0.4) is 0 Å². The summed E-state index contributed by atoms with van der Waals surface area (Å²) in [5.74, 6) is 1.76. The van der Waals surface area contributed by atoms with Crippen molar-refractivity contribution in [1.82, 2.24) is 9.97 Å². The molecule has 2 aromatic rings. The van der Waals surface area contributed by atoms with Crippen LogP contribution in [-0.2, 0) is 6.61 Å². The van der Waals surface area contributed by atoms with Crippen molar-refractivity contribution < 1.29 is 4.74 Å². The van der Waals surface area contributed by atoms with Gasteiger partial charge in [-0.1, -0.05) is 18.2 Å². The molecule has 0 amide bonds. The Kier molecular flexibility index (Phi) is 3.38. The summed E-state index contributed by atoms with van der Waals surface area (Å²) in [5, 5.41) is 0.